The fourth-order valence-corrected chi connectivity index (χ4v) is 3.69. The number of hydrogen-bond donors (Lipinski definition) is 1. The van der Waals surface area contributed by atoms with E-state index in [1.165, 1.54) is 22.2 Å². The second-order valence-corrected chi connectivity index (χ2v) is 6.13. The second kappa shape index (κ2) is 4.68. The topological polar surface area (TPSA) is 20.2 Å². The van der Waals surface area contributed by atoms with Gasteiger partial charge in [-0.15, -0.1) is 0 Å². The predicted octanol–water partition coefficient (Wildman–Crippen LogP) is 6.14. The summed E-state index contributed by atoms with van der Waals surface area (Å²) in [5, 5.41) is 18.2. The zero-order valence-electron chi connectivity index (χ0n) is 12.8. The third kappa shape index (κ3) is 1.74. The molecule has 0 amide bonds. The lowest BCUT2D eigenvalue weighted by atomic mass is 9.94. The lowest BCUT2D eigenvalue weighted by molar-refractivity contribution is 0.476. The summed E-state index contributed by atoms with van der Waals surface area (Å²) in [5.41, 5.74) is 0. The second-order valence-electron chi connectivity index (χ2n) is 6.13. The number of fused-ring (bicyclic) bond motifs is 7. The first-order valence-corrected chi connectivity index (χ1v) is 7.88. The SMILES string of the molecule is Oc1cc(F)cc2c1ccc1c2ccc2c3ccccc3ccc21. The van der Waals surface area contributed by atoms with Gasteiger partial charge in [0.05, 0.1) is 0 Å². The third-order valence-electron chi connectivity index (χ3n) is 4.80. The Balaban J connectivity index is 2.02. The van der Waals surface area contributed by atoms with E-state index >= 15 is 0 Å². The van der Waals surface area contributed by atoms with E-state index in [-0.39, 0.29) is 5.75 Å². The zero-order valence-corrected chi connectivity index (χ0v) is 12.8. The van der Waals surface area contributed by atoms with Crippen molar-refractivity contribution in [3.8, 4) is 5.75 Å². The van der Waals surface area contributed by atoms with Crippen LogP contribution in [0.1, 0.15) is 0 Å². The summed E-state index contributed by atoms with van der Waals surface area (Å²) in [7, 11) is 0. The molecule has 0 saturated heterocycles. The lowest BCUT2D eigenvalue weighted by Gasteiger charge is -2.10. The average molecular weight is 312 g/mol. The largest absolute Gasteiger partial charge is 0.507 e. The van der Waals surface area contributed by atoms with E-state index in [4.69, 9.17) is 0 Å². The van der Waals surface area contributed by atoms with Gasteiger partial charge in [-0.25, -0.2) is 4.39 Å². The Morgan fingerprint density at radius 1 is 0.542 bits per heavy atom. The normalized spacial score (nSPS) is 11.7. The van der Waals surface area contributed by atoms with Crippen LogP contribution in [0.25, 0.3) is 43.1 Å². The molecule has 0 saturated carbocycles. The Hall–Kier alpha value is -3.13. The summed E-state index contributed by atoms with van der Waals surface area (Å²) in [6, 6.07) is 23.2. The van der Waals surface area contributed by atoms with Gasteiger partial charge in [0.25, 0.3) is 0 Å². The highest BCUT2D eigenvalue weighted by Gasteiger charge is 2.10. The molecule has 0 aliphatic rings. The van der Waals surface area contributed by atoms with Gasteiger partial charge in [0, 0.05) is 11.5 Å². The summed E-state index contributed by atoms with van der Waals surface area (Å²) >= 11 is 0. The van der Waals surface area contributed by atoms with Crippen LogP contribution < -0.4 is 0 Å². The molecular formula is C22H13FO. The number of hydrogen-bond acceptors (Lipinski definition) is 1. The Labute approximate surface area is 137 Å². The summed E-state index contributed by atoms with van der Waals surface area (Å²) in [5.74, 6) is -0.448. The smallest absolute Gasteiger partial charge is 0.127 e. The minimum Gasteiger partial charge on any atom is -0.507 e. The molecule has 5 rings (SSSR count). The van der Waals surface area contributed by atoms with E-state index in [0.29, 0.717) is 5.39 Å². The minimum absolute atomic E-state index is 0.0227. The van der Waals surface area contributed by atoms with Crippen molar-refractivity contribution in [2.75, 3.05) is 0 Å². The van der Waals surface area contributed by atoms with E-state index in [0.717, 1.165) is 27.6 Å². The standard InChI is InChI=1S/C22H13FO/c23-14-11-21-19-8-7-16-15-4-2-1-3-13(15)5-6-17(16)18(19)9-10-20(21)22(24)12-14/h1-12,24H. The quantitative estimate of drug-likeness (QED) is 0.340. The first-order valence-electron chi connectivity index (χ1n) is 7.88. The van der Waals surface area contributed by atoms with Crippen LogP contribution in [0.2, 0.25) is 0 Å². The van der Waals surface area contributed by atoms with Gasteiger partial charge >= 0.3 is 0 Å². The van der Waals surface area contributed by atoms with Crippen molar-refractivity contribution in [3.05, 3.63) is 78.6 Å². The van der Waals surface area contributed by atoms with Crippen molar-refractivity contribution in [1.82, 2.24) is 0 Å². The Morgan fingerprint density at radius 3 is 1.92 bits per heavy atom. The summed E-state index contributed by atoms with van der Waals surface area (Å²) in [6.07, 6.45) is 0. The summed E-state index contributed by atoms with van der Waals surface area (Å²) < 4.78 is 13.8. The van der Waals surface area contributed by atoms with Gasteiger partial charge in [0.2, 0.25) is 0 Å². The van der Waals surface area contributed by atoms with Gasteiger partial charge < -0.3 is 5.11 Å². The van der Waals surface area contributed by atoms with Crippen LogP contribution in [-0.4, -0.2) is 5.11 Å². The van der Waals surface area contributed by atoms with Gasteiger partial charge in [0.15, 0.2) is 0 Å². The zero-order chi connectivity index (χ0) is 16.3. The molecule has 24 heavy (non-hydrogen) atoms. The van der Waals surface area contributed by atoms with Gasteiger partial charge in [-0.3, -0.25) is 0 Å². The van der Waals surface area contributed by atoms with Crippen molar-refractivity contribution in [3.63, 3.8) is 0 Å². The molecule has 5 aromatic rings. The molecule has 114 valence electrons. The van der Waals surface area contributed by atoms with E-state index < -0.39 is 5.82 Å². The van der Waals surface area contributed by atoms with Crippen LogP contribution in [0, 0.1) is 5.82 Å². The van der Waals surface area contributed by atoms with Crippen molar-refractivity contribution in [2.24, 2.45) is 0 Å². The van der Waals surface area contributed by atoms with Gasteiger partial charge in [-0.2, -0.15) is 0 Å². The van der Waals surface area contributed by atoms with E-state index in [1.54, 1.807) is 0 Å². The number of aromatic hydroxyl groups is 1. The van der Waals surface area contributed by atoms with Crippen LogP contribution in [0.5, 0.6) is 5.75 Å². The Kier molecular flexibility index (Phi) is 2.60. The molecule has 1 nitrogen and oxygen atoms in total. The fraction of sp³-hybridized carbons (Fsp3) is 0. The van der Waals surface area contributed by atoms with Crippen LogP contribution in [0.4, 0.5) is 4.39 Å². The van der Waals surface area contributed by atoms with Crippen molar-refractivity contribution in [2.45, 2.75) is 0 Å². The maximum absolute atomic E-state index is 13.8. The highest BCUT2D eigenvalue weighted by Crippen LogP contribution is 2.37. The minimum atomic E-state index is -0.425. The molecule has 0 aliphatic heterocycles. The van der Waals surface area contributed by atoms with Crippen LogP contribution in [0.15, 0.2) is 72.8 Å². The summed E-state index contributed by atoms with van der Waals surface area (Å²) in [6.45, 7) is 0. The van der Waals surface area contributed by atoms with Crippen molar-refractivity contribution >= 4 is 43.1 Å². The highest BCUT2D eigenvalue weighted by atomic mass is 19.1. The molecule has 0 radical (unpaired) electrons. The first kappa shape index (κ1) is 13.3. The molecule has 0 aliphatic carbocycles. The molecule has 0 spiro atoms. The number of phenols is 1. The molecule has 0 aromatic heterocycles. The molecule has 1 N–H and O–H groups in total. The number of phenolic OH excluding ortho intramolecular Hbond substituents is 1. The monoisotopic (exact) mass is 312 g/mol. The van der Waals surface area contributed by atoms with Crippen LogP contribution in [0.3, 0.4) is 0 Å². The van der Waals surface area contributed by atoms with Gasteiger partial charge in [-0.1, -0.05) is 54.6 Å². The summed E-state index contributed by atoms with van der Waals surface area (Å²) in [4.78, 5) is 0. The van der Waals surface area contributed by atoms with Gasteiger partial charge in [-0.05, 0) is 49.8 Å². The van der Waals surface area contributed by atoms with Crippen LogP contribution in [-0.2, 0) is 0 Å². The van der Waals surface area contributed by atoms with Gasteiger partial charge in [0.1, 0.15) is 11.6 Å². The molecule has 0 unspecified atom stereocenters. The fourth-order valence-electron chi connectivity index (χ4n) is 3.69. The highest BCUT2D eigenvalue weighted by molar-refractivity contribution is 6.22. The predicted molar refractivity (Wildman–Crippen MR) is 98.1 cm³/mol. The van der Waals surface area contributed by atoms with Crippen molar-refractivity contribution in [1.29, 1.82) is 0 Å². The van der Waals surface area contributed by atoms with Crippen molar-refractivity contribution < 1.29 is 9.50 Å². The number of halogens is 1. The molecule has 0 bridgehead atoms. The maximum Gasteiger partial charge on any atom is 0.127 e. The Bertz CT molecular complexity index is 1270. The number of benzene rings is 5. The first-order chi connectivity index (χ1) is 11.7. The molecule has 0 fully saturated rings. The molecule has 0 heterocycles. The molecule has 2 heteroatoms. The van der Waals surface area contributed by atoms with E-state index in [9.17, 15) is 9.50 Å². The van der Waals surface area contributed by atoms with E-state index in [2.05, 4.69) is 30.3 Å². The Morgan fingerprint density at radius 2 is 1.12 bits per heavy atom. The molecular weight excluding hydrogens is 299 g/mol. The van der Waals surface area contributed by atoms with E-state index in [1.807, 2.05) is 30.3 Å². The average Bonchev–Trinajstić information content (AvgIpc) is 2.60. The maximum atomic E-state index is 13.8. The molecule has 0 atom stereocenters. The molecule has 5 aromatic carbocycles. The number of rotatable bonds is 0. The third-order valence-corrected chi connectivity index (χ3v) is 4.80. The lowest BCUT2D eigenvalue weighted by Crippen LogP contribution is -1.84. The van der Waals surface area contributed by atoms with Crippen LogP contribution >= 0.6 is 0 Å².